The molecule has 13 aromatic rings. The van der Waals surface area contributed by atoms with Gasteiger partial charge >= 0.3 is 0 Å². The summed E-state index contributed by atoms with van der Waals surface area (Å²) in [6.45, 7) is 0. The molecule has 0 saturated carbocycles. The molecule has 0 aliphatic carbocycles. The van der Waals surface area contributed by atoms with Crippen LogP contribution in [-0.4, -0.2) is 4.57 Å². The Hall–Kier alpha value is -8.92. The van der Waals surface area contributed by atoms with Crippen molar-refractivity contribution < 1.29 is 4.42 Å². The Morgan fingerprint density at radius 2 is 0.806 bits per heavy atom. The highest BCUT2D eigenvalue weighted by molar-refractivity contribution is 6.11. The van der Waals surface area contributed by atoms with E-state index in [1.165, 1.54) is 54.8 Å². The van der Waals surface area contributed by atoms with Gasteiger partial charge in [0.05, 0.1) is 22.4 Å². The minimum absolute atomic E-state index is 0.872. The van der Waals surface area contributed by atoms with Gasteiger partial charge in [0.2, 0.25) is 0 Å². The maximum atomic E-state index is 6.54. The summed E-state index contributed by atoms with van der Waals surface area (Å²) in [5.74, 6) is 0. The Morgan fingerprint density at radius 3 is 1.49 bits per heavy atom. The van der Waals surface area contributed by atoms with Crippen LogP contribution in [0.3, 0.4) is 0 Å². The average Bonchev–Trinajstić information content (AvgIpc) is 3.95. The molecule has 11 aromatic carbocycles. The summed E-state index contributed by atoms with van der Waals surface area (Å²) in [5.41, 5.74) is 17.8. The monoisotopic (exact) mass is 854 g/mol. The SMILES string of the molecule is c1ccc(-c2ccc(N(c3ccc(-c4cccc(-n5c6ccccc6c6ccccc65)c4-c4ccc5c(c4)oc4ccccc45)cc3)c3ccc(-c4ccccc4)c4ccccc34)cc2)cc1. The summed E-state index contributed by atoms with van der Waals surface area (Å²) in [5, 5.41) is 7.09. The number of furan rings is 1. The van der Waals surface area contributed by atoms with Crippen molar-refractivity contribution >= 4 is 71.6 Å². The molecule has 3 heteroatoms. The maximum Gasteiger partial charge on any atom is 0.136 e. The van der Waals surface area contributed by atoms with Crippen LogP contribution in [-0.2, 0) is 0 Å². The fourth-order valence-electron chi connectivity index (χ4n) is 10.3. The highest BCUT2D eigenvalue weighted by atomic mass is 16.3. The van der Waals surface area contributed by atoms with Gasteiger partial charge in [-0.3, -0.25) is 0 Å². The van der Waals surface area contributed by atoms with Gasteiger partial charge in [-0.2, -0.15) is 0 Å². The number of benzene rings is 11. The van der Waals surface area contributed by atoms with Crippen LogP contribution in [0.4, 0.5) is 17.1 Å². The lowest BCUT2D eigenvalue weighted by atomic mass is 9.92. The Balaban J connectivity index is 1.00. The summed E-state index contributed by atoms with van der Waals surface area (Å²) < 4.78 is 8.98. The summed E-state index contributed by atoms with van der Waals surface area (Å²) in [4.78, 5) is 2.40. The number of anilines is 3. The van der Waals surface area contributed by atoms with Crippen LogP contribution >= 0.6 is 0 Å². The van der Waals surface area contributed by atoms with E-state index in [-0.39, 0.29) is 0 Å². The summed E-state index contributed by atoms with van der Waals surface area (Å²) in [6.07, 6.45) is 0. The fourth-order valence-corrected chi connectivity index (χ4v) is 10.3. The van der Waals surface area contributed by atoms with E-state index < -0.39 is 0 Å². The lowest BCUT2D eigenvalue weighted by Crippen LogP contribution is -2.10. The molecular weight excluding hydrogens is 813 g/mol. The van der Waals surface area contributed by atoms with Crippen LogP contribution in [0, 0.1) is 0 Å². The number of hydrogen-bond donors (Lipinski definition) is 0. The largest absolute Gasteiger partial charge is 0.456 e. The summed E-state index contributed by atoms with van der Waals surface area (Å²) >= 11 is 0. The van der Waals surface area contributed by atoms with E-state index in [2.05, 4.69) is 258 Å². The van der Waals surface area contributed by atoms with Crippen LogP contribution in [0.5, 0.6) is 0 Å². The van der Waals surface area contributed by atoms with Gasteiger partial charge in [0.1, 0.15) is 11.2 Å². The molecule has 0 spiro atoms. The van der Waals surface area contributed by atoms with Crippen LogP contribution in [0.1, 0.15) is 0 Å². The Labute approximate surface area is 388 Å². The smallest absolute Gasteiger partial charge is 0.136 e. The normalized spacial score (nSPS) is 11.6. The van der Waals surface area contributed by atoms with Gasteiger partial charge in [0.15, 0.2) is 0 Å². The third-order valence-corrected chi connectivity index (χ3v) is 13.4. The molecule has 0 aliphatic heterocycles. The number of rotatable bonds is 8. The number of aromatic nitrogens is 1. The first-order valence-electron chi connectivity index (χ1n) is 22.9. The van der Waals surface area contributed by atoms with Gasteiger partial charge in [-0.1, -0.05) is 188 Å². The third-order valence-electron chi connectivity index (χ3n) is 13.4. The molecule has 0 bridgehead atoms. The summed E-state index contributed by atoms with van der Waals surface area (Å²) in [6, 6.07) is 91.9. The number of para-hydroxylation sites is 3. The Morgan fingerprint density at radius 1 is 0.299 bits per heavy atom. The maximum absolute atomic E-state index is 6.54. The third kappa shape index (κ3) is 6.51. The van der Waals surface area contributed by atoms with Crippen LogP contribution < -0.4 is 4.90 Å². The first-order valence-corrected chi connectivity index (χ1v) is 22.9. The van der Waals surface area contributed by atoms with E-state index in [0.29, 0.717) is 0 Å². The van der Waals surface area contributed by atoms with Crippen molar-refractivity contribution in [3.63, 3.8) is 0 Å². The standard InChI is InChI=1S/C64H42N2O/c1-3-16-43(17-4-1)44-30-35-48(36-31-44)65(60-41-40-50(45-18-5-2-6-19-45)52-20-7-8-21-53(52)60)49-37-32-46(33-38-49)51-25-15-28-61(66-58-26-12-9-22-54(58)55-23-10-13-27-59(55)66)64(51)47-34-39-57-56-24-11-14-29-62(56)67-63(57)42-47/h1-42H. The summed E-state index contributed by atoms with van der Waals surface area (Å²) in [7, 11) is 0. The van der Waals surface area contributed by atoms with Gasteiger partial charge in [-0.15, -0.1) is 0 Å². The lowest BCUT2D eigenvalue weighted by Gasteiger charge is -2.28. The Bertz CT molecular complexity index is 3900. The lowest BCUT2D eigenvalue weighted by molar-refractivity contribution is 0.669. The van der Waals surface area contributed by atoms with Gasteiger partial charge in [-0.05, 0) is 111 Å². The quantitative estimate of drug-likeness (QED) is 0.152. The van der Waals surface area contributed by atoms with E-state index in [4.69, 9.17) is 4.42 Å². The molecule has 3 nitrogen and oxygen atoms in total. The second-order valence-electron chi connectivity index (χ2n) is 17.2. The predicted octanol–water partition coefficient (Wildman–Crippen LogP) is 18.0. The van der Waals surface area contributed by atoms with E-state index >= 15 is 0 Å². The zero-order valence-corrected chi connectivity index (χ0v) is 36.6. The molecule has 0 N–H and O–H groups in total. The van der Waals surface area contributed by atoms with Crippen molar-refractivity contribution in [2.75, 3.05) is 4.90 Å². The second-order valence-corrected chi connectivity index (χ2v) is 17.2. The molecule has 0 unspecified atom stereocenters. The molecule has 2 aromatic heterocycles. The molecule has 0 atom stereocenters. The van der Waals surface area contributed by atoms with Crippen molar-refractivity contribution in [1.82, 2.24) is 4.57 Å². The molecule has 314 valence electrons. The van der Waals surface area contributed by atoms with E-state index in [0.717, 1.165) is 66.9 Å². The number of fused-ring (bicyclic) bond motifs is 7. The topological polar surface area (TPSA) is 21.3 Å². The predicted molar refractivity (Wildman–Crippen MR) is 282 cm³/mol. The highest BCUT2D eigenvalue weighted by Gasteiger charge is 2.22. The van der Waals surface area contributed by atoms with E-state index in [1.54, 1.807) is 0 Å². The molecule has 0 radical (unpaired) electrons. The zero-order chi connectivity index (χ0) is 44.3. The molecule has 13 rings (SSSR count). The first kappa shape index (κ1) is 38.5. The van der Waals surface area contributed by atoms with Crippen molar-refractivity contribution in [3.8, 4) is 50.2 Å². The van der Waals surface area contributed by atoms with Crippen molar-refractivity contribution in [2.45, 2.75) is 0 Å². The van der Waals surface area contributed by atoms with Crippen LogP contribution in [0.25, 0.3) is 105 Å². The molecule has 0 aliphatic rings. The zero-order valence-electron chi connectivity index (χ0n) is 36.6. The minimum atomic E-state index is 0.872. The van der Waals surface area contributed by atoms with Gasteiger partial charge < -0.3 is 13.9 Å². The van der Waals surface area contributed by atoms with Crippen molar-refractivity contribution in [1.29, 1.82) is 0 Å². The van der Waals surface area contributed by atoms with Crippen LogP contribution in [0.2, 0.25) is 0 Å². The highest BCUT2D eigenvalue weighted by Crippen LogP contribution is 2.46. The average molecular weight is 855 g/mol. The van der Waals surface area contributed by atoms with Gasteiger partial charge in [0, 0.05) is 43.9 Å². The fraction of sp³-hybridized carbons (Fsp3) is 0. The van der Waals surface area contributed by atoms with Crippen molar-refractivity contribution in [3.05, 3.63) is 255 Å². The van der Waals surface area contributed by atoms with E-state index in [9.17, 15) is 0 Å². The molecule has 2 heterocycles. The molecule has 67 heavy (non-hydrogen) atoms. The minimum Gasteiger partial charge on any atom is -0.456 e. The molecule has 0 amide bonds. The van der Waals surface area contributed by atoms with Gasteiger partial charge in [-0.25, -0.2) is 0 Å². The molecule has 0 fully saturated rings. The van der Waals surface area contributed by atoms with Crippen LogP contribution in [0.15, 0.2) is 259 Å². The first-order chi connectivity index (χ1) is 33.2. The van der Waals surface area contributed by atoms with Crippen molar-refractivity contribution in [2.24, 2.45) is 0 Å². The molecular formula is C64H42N2O. The Kier molecular flexibility index (Phi) is 9.17. The molecule has 0 saturated heterocycles. The second kappa shape index (κ2) is 16.0. The number of hydrogen-bond acceptors (Lipinski definition) is 2. The van der Waals surface area contributed by atoms with E-state index in [1.807, 2.05) is 6.07 Å². The number of nitrogens with zero attached hydrogens (tertiary/aromatic N) is 2. The van der Waals surface area contributed by atoms with Gasteiger partial charge in [0.25, 0.3) is 0 Å².